The van der Waals surface area contributed by atoms with Crippen LogP contribution in [0.1, 0.15) is 17.3 Å². The van der Waals surface area contributed by atoms with Crippen LogP contribution in [0.15, 0.2) is 52.2 Å². The molecule has 3 rings (SSSR count). The summed E-state index contributed by atoms with van der Waals surface area (Å²) in [5.74, 6) is 1.09. The van der Waals surface area contributed by atoms with Gasteiger partial charge in [-0.2, -0.15) is 0 Å². The Morgan fingerprint density at radius 1 is 1.22 bits per heavy atom. The standard InChI is InChI=1S/C17H18N4O4S2/c1-11(15(22)12-6-8-13(9-7-12)20-27(3,23)24)26-17-19-18-16(21(17)2)14-5-4-10-25-14/h4-11,20H,1-3H3. The first-order chi connectivity index (χ1) is 12.7. The smallest absolute Gasteiger partial charge is 0.229 e. The van der Waals surface area contributed by atoms with E-state index in [1.807, 2.05) is 7.05 Å². The highest BCUT2D eigenvalue weighted by Gasteiger charge is 2.21. The van der Waals surface area contributed by atoms with E-state index in [0.717, 1.165) is 6.26 Å². The Labute approximate surface area is 161 Å². The Balaban J connectivity index is 1.71. The van der Waals surface area contributed by atoms with Gasteiger partial charge in [0.25, 0.3) is 0 Å². The maximum Gasteiger partial charge on any atom is 0.229 e. The molecule has 1 atom stereocenters. The lowest BCUT2D eigenvalue weighted by Crippen LogP contribution is -2.15. The third-order valence-electron chi connectivity index (χ3n) is 3.70. The topological polar surface area (TPSA) is 107 Å². The average Bonchev–Trinajstić information content (AvgIpc) is 3.24. The van der Waals surface area contributed by atoms with Crippen LogP contribution >= 0.6 is 11.8 Å². The van der Waals surface area contributed by atoms with Crippen molar-refractivity contribution in [2.75, 3.05) is 11.0 Å². The Morgan fingerprint density at radius 2 is 1.93 bits per heavy atom. The number of sulfonamides is 1. The van der Waals surface area contributed by atoms with Crippen LogP contribution in [0.25, 0.3) is 11.6 Å². The second kappa shape index (κ2) is 7.57. The summed E-state index contributed by atoms with van der Waals surface area (Å²) in [5, 5.41) is 8.44. The van der Waals surface area contributed by atoms with Gasteiger partial charge in [0.15, 0.2) is 22.5 Å². The fourth-order valence-electron chi connectivity index (χ4n) is 2.40. The minimum Gasteiger partial charge on any atom is -0.461 e. The molecule has 1 unspecified atom stereocenters. The first-order valence-corrected chi connectivity index (χ1v) is 10.7. The van der Waals surface area contributed by atoms with E-state index in [9.17, 15) is 13.2 Å². The molecule has 3 aromatic rings. The van der Waals surface area contributed by atoms with Gasteiger partial charge in [0.1, 0.15) is 0 Å². The van der Waals surface area contributed by atoms with Gasteiger partial charge in [-0.15, -0.1) is 10.2 Å². The number of benzene rings is 1. The number of hydrogen-bond acceptors (Lipinski definition) is 7. The molecular formula is C17H18N4O4S2. The monoisotopic (exact) mass is 406 g/mol. The number of carbonyl (C=O) groups is 1. The molecule has 0 aliphatic rings. The van der Waals surface area contributed by atoms with Gasteiger partial charge in [0.2, 0.25) is 10.0 Å². The quantitative estimate of drug-likeness (QED) is 0.475. The van der Waals surface area contributed by atoms with Gasteiger partial charge >= 0.3 is 0 Å². The highest BCUT2D eigenvalue weighted by atomic mass is 32.2. The summed E-state index contributed by atoms with van der Waals surface area (Å²) < 4.78 is 32.0. The van der Waals surface area contributed by atoms with Gasteiger partial charge in [0.05, 0.1) is 17.8 Å². The van der Waals surface area contributed by atoms with Crippen LogP contribution in [-0.2, 0) is 17.1 Å². The summed E-state index contributed by atoms with van der Waals surface area (Å²) in [5.41, 5.74) is 0.897. The molecule has 142 valence electrons. The maximum atomic E-state index is 12.7. The molecule has 0 fully saturated rings. The summed E-state index contributed by atoms with van der Waals surface area (Å²) in [6, 6.07) is 9.87. The van der Waals surface area contributed by atoms with Crippen molar-refractivity contribution >= 4 is 33.3 Å². The SMILES string of the molecule is CC(Sc1nnc(-c2ccco2)n1C)C(=O)c1ccc(NS(C)(=O)=O)cc1. The number of furan rings is 1. The molecule has 0 saturated heterocycles. The van der Waals surface area contributed by atoms with Crippen molar-refractivity contribution in [2.45, 2.75) is 17.3 Å². The number of carbonyl (C=O) groups excluding carboxylic acids is 1. The Hall–Kier alpha value is -2.59. The van der Waals surface area contributed by atoms with Gasteiger partial charge in [0, 0.05) is 18.3 Å². The number of aromatic nitrogens is 3. The number of nitrogens with one attached hydrogen (secondary N) is 1. The van der Waals surface area contributed by atoms with E-state index in [-0.39, 0.29) is 5.78 Å². The van der Waals surface area contributed by atoms with Crippen LogP contribution < -0.4 is 4.72 Å². The van der Waals surface area contributed by atoms with Crippen molar-refractivity contribution < 1.29 is 17.6 Å². The van der Waals surface area contributed by atoms with Crippen molar-refractivity contribution in [3.8, 4) is 11.6 Å². The molecule has 0 aliphatic heterocycles. The van der Waals surface area contributed by atoms with Crippen LogP contribution in [0, 0.1) is 0 Å². The molecule has 8 nitrogen and oxygen atoms in total. The second-order valence-electron chi connectivity index (χ2n) is 5.92. The minimum atomic E-state index is -3.35. The molecule has 0 radical (unpaired) electrons. The first-order valence-electron chi connectivity index (χ1n) is 7.96. The van der Waals surface area contributed by atoms with Gasteiger partial charge in [-0.3, -0.25) is 9.52 Å². The number of thioether (sulfide) groups is 1. The molecule has 2 heterocycles. The molecule has 0 spiro atoms. The largest absolute Gasteiger partial charge is 0.461 e. The molecule has 0 saturated carbocycles. The number of Topliss-reactive ketones (excluding diaryl/α,β-unsaturated/α-hetero) is 1. The van der Waals surface area contributed by atoms with E-state index in [1.165, 1.54) is 11.8 Å². The number of hydrogen-bond donors (Lipinski definition) is 1. The van der Waals surface area contributed by atoms with E-state index in [1.54, 1.807) is 54.2 Å². The van der Waals surface area contributed by atoms with Crippen molar-refractivity contribution in [3.05, 3.63) is 48.2 Å². The summed E-state index contributed by atoms with van der Waals surface area (Å²) in [6.07, 6.45) is 2.63. The number of rotatable bonds is 7. The third-order valence-corrected chi connectivity index (χ3v) is 5.44. The molecule has 0 bridgehead atoms. The Morgan fingerprint density at radius 3 is 2.52 bits per heavy atom. The molecule has 0 amide bonds. The Kier molecular flexibility index (Phi) is 5.38. The molecule has 10 heteroatoms. The Bertz CT molecular complexity index is 1040. The third kappa shape index (κ3) is 4.58. The van der Waals surface area contributed by atoms with Gasteiger partial charge in [-0.1, -0.05) is 11.8 Å². The van der Waals surface area contributed by atoms with E-state index in [0.29, 0.717) is 28.0 Å². The zero-order chi connectivity index (χ0) is 19.6. The maximum absolute atomic E-state index is 12.7. The molecular weight excluding hydrogens is 388 g/mol. The molecule has 27 heavy (non-hydrogen) atoms. The highest BCUT2D eigenvalue weighted by molar-refractivity contribution is 8.00. The van der Waals surface area contributed by atoms with Crippen LogP contribution in [0.5, 0.6) is 0 Å². The number of ketones is 1. The van der Waals surface area contributed by atoms with E-state index >= 15 is 0 Å². The summed E-state index contributed by atoms with van der Waals surface area (Å²) in [6.45, 7) is 1.79. The lowest BCUT2D eigenvalue weighted by Gasteiger charge is -2.10. The fraction of sp³-hybridized carbons (Fsp3) is 0.235. The predicted molar refractivity (Wildman–Crippen MR) is 103 cm³/mol. The second-order valence-corrected chi connectivity index (χ2v) is 8.97. The zero-order valence-corrected chi connectivity index (χ0v) is 16.5. The van der Waals surface area contributed by atoms with E-state index in [2.05, 4.69) is 14.9 Å². The zero-order valence-electron chi connectivity index (χ0n) is 14.9. The fourth-order valence-corrected chi connectivity index (χ4v) is 3.86. The summed E-state index contributed by atoms with van der Waals surface area (Å²) in [4.78, 5) is 12.7. The van der Waals surface area contributed by atoms with Crippen LogP contribution in [-0.4, -0.2) is 40.5 Å². The van der Waals surface area contributed by atoms with Crippen LogP contribution in [0.3, 0.4) is 0 Å². The average molecular weight is 406 g/mol. The van der Waals surface area contributed by atoms with E-state index in [4.69, 9.17) is 4.42 Å². The summed E-state index contributed by atoms with van der Waals surface area (Å²) >= 11 is 1.29. The number of nitrogens with zero attached hydrogens (tertiary/aromatic N) is 3. The minimum absolute atomic E-state index is 0.0894. The molecule has 0 aliphatic carbocycles. The van der Waals surface area contributed by atoms with Crippen molar-refractivity contribution in [1.29, 1.82) is 0 Å². The highest BCUT2D eigenvalue weighted by Crippen LogP contribution is 2.27. The molecule has 1 N–H and O–H groups in total. The normalized spacial score (nSPS) is 12.7. The summed E-state index contributed by atoms with van der Waals surface area (Å²) in [7, 11) is -1.54. The van der Waals surface area contributed by atoms with Gasteiger partial charge < -0.3 is 8.98 Å². The van der Waals surface area contributed by atoms with Gasteiger partial charge in [-0.25, -0.2) is 8.42 Å². The van der Waals surface area contributed by atoms with Crippen LogP contribution in [0.2, 0.25) is 0 Å². The van der Waals surface area contributed by atoms with E-state index < -0.39 is 15.3 Å². The lowest BCUT2D eigenvalue weighted by atomic mass is 10.1. The van der Waals surface area contributed by atoms with Crippen molar-refractivity contribution in [3.63, 3.8) is 0 Å². The molecule has 2 aromatic heterocycles. The van der Waals surface area contributed by atoms with Crippen LogP contribution in [0.4, 0.5) is 5.69 Å². The predicted octanol–water partition coefficient (Wildman–Crippen LogP) is 2.81. The van der Waals surface area contributed by atoms with Gasteiger partial charge in [-0.05, 0) is 43.3 Å². The lowest BCUT2D eigenvalue weighted by molar-refractivity contribution is 0.0994. The first kappa shape index (κ1) is 19.2. The van der Waals surface area contributed by atoms with Crippen molar-refractivity contribution in [1.82, 2.24) is 14.8 Å². The molecule has 1 aromatic carbocycles. The van der Waals surface area contributed by atoms with Crippen molar-refractivity contribution in [2.24, 2.45) is 7.05 Å². The number of anilines is 1.